The summed E-state index contributed by atoms with van der Waals surface area (Å²) in [5.41, 5.74) is 2.13. The maximum atomic E-state index is 13.0. The van der Waals surface area contributed by atoms with Crippen molar-refractivity contribution in [3.8, 4) is 5.75 Å². The standard InChI is InChI=1S/C22H29NO6S/c1-13(2)10-23(17-6-7-30(26,27)12-17)20(24)11-28-18-8-14(3)9-19-21(18)15(4)16(5)22(25)29-19/h8-9,13,17H,6-7,10-12H2,1-5H3/t17-/m1/s1. The van der Waals surface area contributed by atoms with E-state index >= 15 is 0 Å². The molecule has 1 aliphatic heterocycles. The minimum absolute atomic E-state index is 0.00228. The van der Waals surface area contributed by atoms with Gasteiger partial charge in [0.05, 0.1) is 16.9 Å². The molecule has 0 radical (unpaired) electrons. The summed E-state index contributed by atoms with van der Waals surface area (Å²) in [6.45, 7) is 9.63. The van der Waals surface area contributed by atoms with Crippen LogP contribution in [0.5, 0.6) is 5.75 Å². The van der Waals surface area contributed by atoms with Crippen LogP contribution in [-0.2, 0) is 14.6 Å². The highest BCUT2D eigenvalue weighted by molar-refractivity contribution is 7.91. The van der Waals surface area contributed by atoms with Gasteiger partial charge in [0.1, 0.15) is 11.3 Å². The van der Waals surface area contributed by atoms with E-state index < -0.39 is 15.5 Å². The Hall–Kier alpha value is -2.35. The molecular formula is C22H29NO6S. The molecule has 0 saturated carbocycles. The van der Waals surface area contributed by atoms with Crippen molar-refractivity contribution < 1.29 is 22.4 Å². The Labute approximate surface area is 176 Å². The maximum Gasteiger partial charge on any atom is 0.339 e. The van der Waals surface area contributed by atoms with Gasteiger partial charge in [-0.1, -0.05) is 13.8 Å². The van der Waals surface area contributed by atoms with E-state index in [1.54, 1.807) is 17.9 Å². The van der Waals surface area contributed by atoms with Gasteiger partial charge in [0.2, 0.25) is 0 Å². The SMILES string of the molecule is Cc1cc(OCC(=O)N(CC(C)C)[C@@H]2CCS(=O)(=O)C2)c2c(C)c(C)c(=O)oc2c1. The highest BCUT2D eigenvalue weighted by Gasteiger charge is 2.35. The van der Waals surface area contributed by atoms with Gasteiger partial charge < -0.3 is 14.1 Å². The molecule has 0 bridgehead atoms. The van der Waals surface area contributed by atoms with Crippen molar-refractivity contribution in [3.05, 3.63) is 39.2 Å². The molecule has 30 heavy (non-hydrogen) atoms. The fourth-order valence-electron chi connectivity index (χ4n) is 3.89. The van der Waals surface area contributed by atoms with Gasteiger partial charge in [-0.2, -0.15) is 0 Å². The quantitative estimate of drug-likeness (QED) is 0.648. The molecule has 1 fully saturated rings. The molecule has 2 aromatic rings. The van der Waals surface area contributed by atoms with Gasteiger partial charge in [0.15, 0.2) is 16.4 Å². The zero-order valence-electron chi connectivity index (χ0n) is 18.1. The number of aryl methyl sites for hydroxylation is 2. The Balaban J connectivity index is 1.87. The molecular weight excluding hydrogens is 406 g/mol. The zero-order valence-corrected chi connectivity index (χ0v) is 19.0. The third-order valence-corrected chi connectivity index (χ3v) is 7.29. The first-order valence-electron chi connectivity index (χ1n) is 10.2. The second-order valence-corrected chi connectivity index (χ2v) is 10.8. The molecule has 1 atom stereocenters. The highest BCUT2D eigenvalue weighted by atomic mass is 32.2. The normalized spacial score (nSPS) is 18.1. The summed E-state index contributed by atoms with van der Waals surface area (Å²) in [5, 5.41) is 0.671. The van der Waals surface area contributed by atoms with Crippen molar-refractivity contribution in [1.29, 1.82) is 0 Å². The summed E-state index contributed by atoms with van der Waals surface area (Å²) in [5.74, 6) is 0.553. The Morgan fingerprint density at radius 3 is 2.53 bits per heavy atom. The highest BCUT2D eigenvalue weighted by Crippen LogP contribution is 2.31. The minimum Gasteiger partial charge on any atom is -0.483 e. The van der Waals surface area contributed by atoms with Gasteiger partial charge in [-0.05, 0) is 56.4 Å². The van der Waals surface area contributed by atoms with Gasteiger partial charge in [-0.15, -0.1) is 0 Å². The van der Waals surface area contributed by atoms with Gasteiger partial charge in [-0.25, -0.2) is 13.2 Å². The molecule has 1 amide bonds. The van der Waals surface area contributed by atoms with E-state index in [4.69, 9.17) is 9.15 Å². The average molecular weight is 436 g/mol. The van der Waals surface area contributed by atoms with Crippen molar-refractivity contribution in [2.75, 3.05) is 24.7 Å². The van der Waals surface area contributed by atoms with Crippen molar-refractivity contribution >= 4 is 26.7 Å². The number of rotatable bonds is 6. The third kappa shape index (κ3) is 4.69. The fourth-order valence-corrected chi connectivity index (χ4v) is 5.62. The van der Waals surface area contributed by atoms with Crippen LogP contribution in [0.2, 0.25) is 0 Å². The van der Waals surface area contributed by atoms with E-state index in [1.165, 1.54) is 0 Å². The number of fused-ring (bicyclic) bond motifs is 1. The Kier molecular flexibility index (Phi) is 6.26. The number of carbonyl (C=O) groups excluding carboxylic acids is 1. The number of hydrogen-bond acceptors (Lipinski definition) is 6. The number of benzene rings is 1. The fraction of sp³-hybridized carbons (Fsp3) is 0.545. The number of ether oxygens (including phenoxy) is 1. The van der Waals surface area contributed by atoms with Crippen LogP contribution in [0.1, 0.15) is 37.0 Å². The molecule has 7 nitrogen and oxygen atoms in total. The molecule has 1 aliphatic rings. The first-order chi connectivity index (χ1) is 14.0. The number of carbonyl (C=O) groups is 1. The summed E-state index contributed by atoms with van der Waals surface area (Å²) >= 11 is 0. The lowest BCUT2D eigenvalue weighted by molar-refractivity contribution is -0.135. The van der Waals surface area contributed by atoms with Crippen LogP contribution in [0.15, 0.2) is 21.3 Å². The lowest BCUT2D eigenvalue weighted by atomic mass is 10.0. The molecule has 8 heteroatoms. The van der Waals surface area contributed by atoms with Gasteiger partial charge >= 0.3 is 5.63 Å². The molecule has 1 aromatic carbocycles. The Bertz CT molecular complexity index is 1130. The molecule has 3 rings (SSSR count). The number of nitrogens with zero attached hydrogens (tertiary/aromatic N) is 1. The van der Waals surface area contributed by atoms with Crippen LogP contribution < -0.4 is 10.4 Å². The second-order valence-electron chi connectivity index (χ2n) is 8.56. The molecule has 0 N–H and O–H groups in total. The predicted octanol–water partition coefficient (Wildman–Crippen LogP) is 2.77. The van der Waals surface area contributed by atoms with Crippen LogP contribution in [0, 0.1) is 26.7 Å². The van der Waals surface area contributed by atoms with Crippen molar-refractivity contribution in [3.63, 3.8) is 0 Å². The molecule has 1 saturated heterocycles. The average Bonchev–Trinajstić information content (AvgIpc) is 3.01. The predicted molar refractivity (Wildman–Crippen MR) is 116 cm³/mol. The van der Waals surface area contributed by atoms with Crippen LogP contribution in [0.4, 0.5) is 0 Å². The van der Waals surface area contributed by atoms with Crippen LogP contribution in [0.3, 0.4) is 0 Å². The topological polar surface area (TPSA) is 93.9 Å². The van der Waals surface area contributed by atoms with Crippen molar-refractivity contribution in [2.24, 2.45) is 5.92 Å². The summed E-state index contributed by atoms with van der Waals surface area (Å²) in [6, 6.07) is 3.27. The van der Waals surface area contributed by atoms with Crippen LogP contribution >= 0.6 is 0 Å². The Morgan fingerprint density at radius 1 is 1.23 bits per heavy atom. The second kappa shape index (κ2) is 8.41. The van der Waals surface area contributed by atoms with Gasteiger partial charge in [0, 0.05) is 18.2 Å². The van der Waals surface area contributed by atoms with E-state index in [2.05, 4.69) is 0 Å². The number of sulfone groups is 1. The number of hydrogen-bond donors (Lipinski definition) is 0. The molecule has 2 heterocycles. The lowest BCUT2D eigenvalue weighted by Crippen LogP contribution is -2.45. The first kappa shape index (κ1) is 22.3. The molecule has 164 valence electrons. The van der Waals surface area contributed by atoms with E-state index in [9.17, 15) is 18.0 Å². The molecule has 1 aromatic heterocycles. The van der Waals surface area contributed by atoms with Crippen molar-refractivity contribution in [1.82, 2.24) is 4.90 Å². The number of amides is 1. The summed E-state index contributed by atoms with van der Waals surface area (Å²) in [7, 11) is -3.10. The van der Waals surface area contributed by atoms with Crippen LogP contribution in [-0.4, -0.2) is 49.9 Å². The Morgan fingerprint density at radius 2 is 1.93 bits per heavy atom. The molecule has 0 aliphatic carbocycles. The molecule has 0 unspecified atom stereocenters. The first-order valence-corrected chi connectivity index (χ1v) is 12.0. The monoisotopic (exact) mass is 435 g/mol. The van der Waals surface area contributed by atoms with Crippen molar-refractivity contribution in [2.45, 2.75) is 47.1 Å². The summed E-state index contributed by atoms with van der Waals surface area (Å²) in [6.07, 6.45) is 0.456. The zero-order chi connectivity index (χ0) is 22.2. The van der Waals surface area contributed by atoms with Gasteiger partial charge in [-0.3, -0.25) is 4.79 Å². The summed E-state index contributed by atoms with van der Waals surface area (Å²) in [4.78, 5) is 26.7. The third-order valence-electron chi connectivity index (χ3n) is 5.54. The van der Waals surface area contributed by atoms with E-state index in [-0.39, 0.29) is 36.0 Å². The maximum absolute atomic E-state index is 13.0. The van der Waals surface area contributed by atoms with E-state index in [0.29, 0.717) is 35.2 Å². The van der Waals surface area contributed by atoms with Crippen LogP contribution in [0.25, 0.3) is 11.0 Å². The largest absolute Gasteiger partial charge is 0.483 e. The smallest absolute Gasteiger partial charge is 0.339 e. The minimum atomic E-state index is -3.10. The lowest BCUT2D eigenvalue weighted by Gasteiger charge is -2.30. The molecule has 0 spiro atoms. The van der Waals surface area contributed by atoms with E-state index in [0.717, 1.165) is 11.1 Å². The summed E-state index contributed by atoms with van der Waals surface area (Å²) < 4.78 is 35.1. The van der Waals surface area contributed by atoms with Gasteiger partial charge in [0.25, 0.3) is 5.91 Å². The van der Waals surface area contributed by atoms with E-state index in [1.807, 2.05) is 33.8 Å².